The van der Waals surface area contributed by atoms with Crippen molar-refractivity contribution in [3.63, 3.8) is 0 Å². The third-order valence-corrected chi connectivity index (χ3v) is 11.5. The molecule has 0 saturated carbocycles. The number of allylic oxidation sites excluding steroid dienone is 12. The highest BCUT2D eigenvalue weighted by molar-refractivity contribution is 7.47. The minimum Gasteiger partial charge on any atom is -0.391 e. The summed E-state index contributed by atoms with van der Waals surface area (Å²) in [5, 5.41) is 14.0. The van der Waals surface area contributed by atoms with Gasteiger partial charge in [-0.15, -0.1) is 0 Å². The van der Waals surface area contributed by atoms with Gasteiger partial charge in [0.1, 0.15) is 13.2 Å². The Kier molecular flexibility index (Phi) is 40.8. The number of phosphoric ester groups is 1. The van der Waals surface area contributed by atoms with Crippen LogP contribution in [0.1, 0.15) is 194 Å². The number of aliphatic hydroxyl groups excluding tert-OH is 1. The third-order valence-electron chi connectivity index (χ3n) is 10.5. The molecule has 0 aliphatic rings. The molecular weight excluding hydrogens is 768 g/mol. The second-order valence-electron chi connectivity index (χ2n) is 17.5. The number of carbonyl (C=O) groups is 1. The average molecular weight is 862 g/mol. The Hall–Kier alpha value is -2.06. The molecule has 3 unspecified atom stereocenters. The van der Waals surface area contributed by atoms with Crippen molar-refractivity contribution < 1.29 is 32.9 Å². The van der Waals surface area contributed by atoms with Crippen molar-refractivity contribution in [3.8, 4) is 0 Å². The Balaban J connectivity index is 4.42. The minimum absolute atomic E-state index is 0.0624. The second-order valence-corrected chi connectivity index (χ2v) is 18.9. The monoisotopic (exact) mass is 862 g/mol. The molecule has 0 radical (unpaired) electrons. The van der Waals surface area contributed by atoms with E-state index in [1.807, 2.05) is 21.1 Å². The molecule has 60 heavy (non-hydrogen) atoms. The highest BCUT2D eigenvalue weighted by atomic mass is 31.2. The normalized spacial score (nSPS) is 14.8. The first kappa shape index (κ1) is 57.9. The summed E-state index contributed by atoms with van der Waals surface area (Å²) in [7, 11) is 1.58. The van der Waals surface area contributed by atoms with Gasteiger partial charge in [-0.2, -0.15) is 0 Å². The maximum absolute atomic E-state index is 12.9. The van der Waals surface area contributed by atoms with Gasteiger partial charge in [0.15, 0.2) is 0 Å². The van der Waals surface area contributed by atoms with E-state index < -0.39 is 20.0 Å². The van der Waals surface area contributed by atoms with Gasteiger partial charge in [0.2, 0.25) is 5.91 Å². The van der Waals surface area contributed by atoms with E-state index in [-0.39, 0.29) is 19.1 Å². The molecule has 9 heteroatoms. The summed E-state index contributed by atoms with van der Waals surface area (Å²) in [6.07, 6.45) is 56.5. The second kappa shape index (κ2) is 42.3. The average Bonchev–Trinajstić information content (AvgIpc) is 3.20. The van der Waals surface area contributed by atoms with Crippen molar-refractivity contribution in [2.45, 2.75) is 206 Å². The van der Waals surface area contributed by atoms with Gasteiger partial charge in [0, 0.05) is 6.42 Å². The molecule has 0 bridgehead atoms. The number of quaternary nitrogens is 1. The first-order valence-corrected chi connectivity index (χ1v) is 25.8. The van der Waals surface area contributed by atoms with Gasteiger partial charge < -0.3 is 19.8 Å². The van der Waals surface area contributed by atoms with Crippen LogP contribution in [0.5, 0.6) is 0 Å². The van der Waals surface area contributed by atoms with Gasteiger partial charge in [0.25, 0.3) is 0 Å². The lowest BCUT2D eigenvalue weighted by Crippen LogP contribution is -2.46. The molecule has 0 aromatic carbocycles. The molecule has 0 rings (SSSR count). The summed E-state index contributed by atoms with van der Waals surface area (Å²) in [4.78, 5) is 23.2. The van der Waals surface area contributed by atoms with E-state index >= 15 is 0 Å². The number of hydrogen-bond acceptors (Lipinski definition) is 5. The third kappa shape index (κ3) is 44.0. The van der Waals surface area contributed by atoms with Crippen molar-refractivity contribution in [3.05, 3.63) is 72.9 Å². The van der Waals surface area contributed by atoms with Crippen LogP contribution in [0.4, 0.5) is 0 Å². The highest BCUT2D eigenvalue weighted by Crippen LogP contribution is 2.43. The van der Waals surface area contributed by atoms with Crippen LogP contribution in [0, 0.1) is 0 Å². The lowest BCUT2D eigenvalue weighted by molar-refractivity contribution is -0.870. The van der Waals surface area contributed by atoms with E-state index in [0.717, 1.165) is 70.6 Å². The Morgan fingerprint density at radius 1 is 0.583 bits per heavy atom. The summed E-state index contributed by atoms with van der Waals surface area (Å²) >= 11 is 0. The summed E-state index contributed by atoms with van der Waals surface area (Å²) in [6.45, 7) is 4.73. The van der Waals surface area contributed by atoms with E-state index in [1.54, 1.807) is 0 Å². The van der Waals surface area contributed by atoms with E-state index in [9.17, 15) is 19.4 Å². The number of nitrogens with one attached hydrogen (secondary N) is 1. The summed E-state index contributed by atoms with van der Waals surface area (Å²) < 4.78 is 23.7. The predicted molar refractivity (Wildman–Crippen MR) is 258 cm³/mol. The lowest BCUT2D eigenvalue weighted by atomic mass is 10.0. The van der Waals surface area contributed by atoms with Crippen LogP contribution in [-0.4, -0.2) is 73.4 Å². The van der Waals surface area contributed by atoms with Gasteiger partial charge in [0.05, 0.1) is 39.9 Å². The predicted octanol–water partition coefficient (Wildman–Crippen LogP) is 14.0. The molecule has 0 aromatic heterocycles. The lowest BCUT2D eigenvalue weighted by Gasteiger charge is -2.26. The fourth-order valence-electron chi connectivity index (χ4n) is 6.64. The molecule has 1 amide bonds. The van der Waals surface area contributed by atoms with Gasteiger partial charge >= 0.3 is 7.82 Å². The maximum Gasteiger partial charge on any atom is 0.472 e. The van der Waals surface area contributed by atoms with Crippen molar-refractivity contribution >= 4 is 13.7 Å². The Labute approximate surface area is 370 Å². The van der Waals surface area contributed by atoms with E-state index in [2.05, 4.69) is 92.1 Å². The number of carbonyl (C=O) groups excluding carboxylic acids is 1. The molecule has 0 heterocycles. The molecule has 0 fully saturated rings. The van der Waals surface area contributed by atoms with Crippen molar-refractivity contribution in [2.75, 3.05) is 40.9 Å². The summed E-state index contributed by atoms with van der Waals surface area (Å²) in [5.41, 5.74) is 0. The van der Waals surface area contributed by atoms with Crippen LogP contribution in [0.15, 0.2) is 72.9 Å². The van der Waals surface area contributed by atoms with Crippen molar-refractivity contribution in [2.24, 2.45) is 0 Å². The fourth-order valence-corrected chi connectivity index (χ4v) is 7.37. The highest BCUT2D eigenvalue weighted by Gasteiger charge is 2.28. The van der Waals surface area contributed by atoms with E-state index in [4.69, 9.17) is 9.05 Å². The van der Waals surface area contributed by atoms with Crippen LogP contribution in [-0.2, 0) is 18.4 Å². The summed E-state index contributed by atoms with van der Waals surface area (Å²) in [6, 6.07) is -0.788. The van der Waals surface area contributed by atoms with E-state index in [1.165, 1.54) is 89.9 Å². The largest absolute Gasteiger partial charge is 0.472 e. The number of likely N-dealkylation sites (N-methyl/N-ethyl adjacent to an activating group) is 1. The number of rotatable bonds is 43. The SMILES string of the molecule is CC/C=C\C/C=C\C/C=C\C/C=C\C/C=C\C/C=C\CCCCC(=O)NC(COP(=O)(O)OCC[N+](C)(C)C)C(O)CCCCCCCCCCCCCCCCCCC. The van der Waals surface area contributed by atoms with E-state index in [0.29, 0.717) is 30.3 Å². The molecule has 0 aliphatic carbocycles. The molecule has 3 N–H and O–H groups in total. The zero-order valence-corrected chi connectivity index (χ0v) is 40.3. The fraction of sp³-hybridized carbons (Fsp3) is 0.745. The van der Waals surface area contributed by atoms with Gasteiger partial charge in [-0.25, -0.2) is 4.57 Å². The zero-order valence-electron chi connectivity index (χ0n) is 39.4. The van der Waals surface area contributed by atoms with Crippen LogP contribution in [0.2, 0.25) is 0 Å². The van der Waals surface area contributed by atoms with Crippen LogP contribution >= 0.6 is 7.82 Å². The van der Waals surface area contributed by atoms with Crippen LogP contribution in [0.3, 0.4) is 0 Å². The van der Waals surface area contributed by atoms with Crippen molar-refractivity contribution in [1.82, 2.24) is 5.32 Å². The minimum atomic E-state index is -4.33. The molecule has 3 atom stereocenters. The zero-order chi connectivity index (χ0) is 44.3. The smallest absolute Gasteiger partial charge is 0.391 e. The quantitative estimate of drug-likeness (QED) is 0.0244. The number of nitrogens with zero attached hydrogens (tertiary/aromatic N) is 1. The molecule has 0 aliphatic heterocycles. The van der Waals surface area contributed by atoms with Crippen molar-refractivity contribution in [1.29, 1.82) is 0 Å². The first-order valence-electron chi connectivity index (χ1n) is 24.3. The topological polar surface area (TPSA) is 105 Å². The summed E-state index contributed by atoms with van der Waals surface area (Å²) in [5.74, 6) is -0.188. The van der Waals surface area contributed by atoms with Crippen LogP contribution in [0.25, 0.3) is 0 Å². The Bertz CT molecular complexity index is 1200. The molecular formula is C51H94N2O6P+. The number of aliphatic hydroxyl groups is 1. The molecule has 0 saturated heterocycles. The Morgan fingerprint density at radius 2 is 1.00 bits per heavy atom. The van der Waals surface area contributed by atoms with Gasteiger partial charge in [-0.3, -0.25) is 13.8 Å². The van der Waals surface area contributed by atoms with Gasteiger partial charge in [-0.1, -0.05) is 196 Å². The maximum atomic E-state index is 12.9. The number of unbranched alkanes of at least 4 members (excludes halogenated alkanes) is 18. The standard InChI is InChI=1S/C51H93N2O6P/c1-6-8-10-12-14-16-18-20-22-24-25-26-27-29-31-33-35-37-39-41-43-45-51(55)52-49(48-59-60(56,57)58-47-46-53(3,4)5)50(54)44-42-40-38-36-34-32-30-28-23-21-19-17-15-13-11-9-7-2/h8,10,14,16,20,22,25-26,29,31,35,37,49-50,54H,6-7,9,11-13,15,17-19,21,23-24,27-28,30,32-34,36,38-48H2,1-5H3,(H-,52,55,56,57)/p+1/b10-8-,16-14-,22-20-,26-25-,31-29-,37-35-. The number of hydrogen-bond donors (Lipinski definition) is 3. The molecule has 0 spiro atoms. The number of amides is 1. The molecule has 8 nitrogen and oxygen atoms in total. The molecule has 348 valence electrons. The first-order chi connectivity index (χ1) is 29.0. The van der Waals surface area contributed by atoms with Crippen LogP contribution < -0.4 is 5.32 Å². The number of phosphoric acid groups is 1. The molecule has 0 aromatic rings. The Morgan fingerprint density at radius 3 is 1.43 bits per heavy atom. The van der Waals surface area contributed by atoms with Gasteiger partial charge in [-0.05, 0) is 64.2 Å².